The molecule has 154 valence electrons. The van der Waals surface area contributed by atoms with Gasteiger partial charge in [-0.05, 0) is 43.5 Å². The van der Waals surface area contributed by atoms with Crippen LogP contribution < -0.4 is 16.4 Å². The smallest absolute Gasteiger partial charge is 0.260 e. The van der Waals surface area contributed by atoms with Gasteiger partial charge in [0.1, 0.15) is 5.03 Å². The Kier molecular flexibility index (Phi) is 6.48. The number of furan rings is 1. The van der Waals surface area contributed by atoms with E-state index in [1.54, 1.807) is 37.3 Å². The molecule has 0 atom stereocenters. The zero-order valence-electron chi connectivity index (χ0n) is 16.3. The molecule has 2 aromatic heterocycles. The van der Waals surface area contributed by atoms with Gasteiger partial charge < -0.3 is 20.8 Å². The monoisotopic (exact) mass is 425 g/mol. The van der Waals surface area contributed by atoms with Crippen LogP contribution in [0.3, 0.4) is 0 Å². The van der Waals surface area contributed by atoms with Crippen LogP contribution in [0.1, 0.15) is 26.4 Å². The Morgan fingerprint density at radius 1 is 1.13 bits per heavy atom. The molecule has 9 nitrogen and oxygen atoms in total. The van der Waals surface area contributed by atoms with Crippen LogP contribution in [0.5, 0.6) is 0 Å². The average Bonchev–Trinajstić information content (AvgIpc) is 3.26. The molecule has 1 aromatic carbocycles. The van der Waals surface area contributed by atoms with Crippen molar-refractivity contribution in [1.29, 1.82) is 0 Å². The summed E-state index contributed by atoms with van der Waals surface area (Å²) < 4.78 is 5.34. The van der Waals surface area contributed by atoms with Crippen LogP contribution >= 0.6 is 11.8 Å². The predicted octanol–water partition coefficient (Wildman–Crippen LogP) is 2.23. The van der Waals surface area contributed by atoms with Gasteiger partial charge in [0.2, 0.25) is 5.91 Å². The summed E-state index contributed by atoms with van der Waals surface area (Å²) in [6.45, 7) is 1.45. The Morgan fingerprint density at radius 3 is 2.60 bits per heavy atom. The highest BCUT2D eigenvalue weighted by Gasteiger charge is 2.20. The SMILES string of the molecule is CSc1nc(-c2ccco2)nc(C)c1C(=O)Nc1cccc(C(=O)NCC(N)=O)c1. The summed E-state index contributed by atoms with van der Waals surface area (Å²) in [5.74, 6) is -0.623. The van der Waals surface area contributed by atoms with Gasteiger partial charge in [0.05, 0.1) is 24.1 Å². The highest BCUT2D eigenvalue weighted by molar-refractivity contribution is 7.98. The molecule has 2 heterocycles. The summed E-state index contributed by atoms with van der Waals surface area (Å²) in [6.07, 6.45) is 3.34. The van der Waals surface area contributed by atoms with E-state index in [1.165, 1.54) is 24.1 Å². The molecule has 0 radical (unpaired) electrons. The van der Waals surface area contributed by atoms with Crippen LogP contribution in [0, 0.1) is 6.92 Å². The minimum absolute atomic E-state index is 0.273. The van der Waals surface area contributed by atoms with E-state index in [2.05, 4.69) is 20.6 Å². The van der Waals surface area contributed by atoms with Gasteiger partial charge in [0, 0.05) is 11.3 Å². The first-order valence-electron chi connectivity index (χ1n) is 8.83. The van der Waals surface area contributed by atoms with E-state index in [-0.39, 0.29) is 12.1 Å². The standard InChI is InChI=1S/C20H19N5O4S/c1-11-16(20(30-2)25-17(23-11)14-7-4-8-29-14)19(28)24-13-6-3-5-12(9-13)18(27)22-10-15(21)26/h3-9H,10H2,1-2H3,(H2,21,26)(H,22,27)(H,24,28). The van der Waals surface area contributed by atoms with Gasteiger partial charge in [-0.3, -0.25) is 14.4 Å². The number of rotatable bonds is 7. The summed E-state index contributed by atoms with van der Waals surface area (Å²) >= 11 is 1.32. The summed E-state index contributed by atoms with van der Waals surface area (Å²) in [6, 6.07) is 9.81. The number of primary amides is 1. The van der Waals surface area contributed by atoms with Gasteiger partial charge in [0.15, 0.2) is 11.6 Å². The molecule has 3 aromatic rings. The fourth-order valence-electron chi connectivity index (χ4n) is 2.67. The van der Waals surface area contributed by atoms with Gasteiger partial charge in [0.25, 0.3) is 11.8 Å². The van der Waals surface area contributed by atoms with Gasteiger partial charge in [-0.25, -0.2) is 9.97 Å². The molecule has 10 heteroatoms. The Bertz CT molecular complexity index is 1100. The summed E-state index contributed by atoms with van der Waals surface area (Å²) in [5, 5.41) is 5.66. The molecule has 0 aliphatic heterocycles. The predicted molar refractivity (Wildman–Crippen MR) is 112 cm³/mol. The van der Waals surface area contributed by atoms with Gasteiger partial charge in [-0.2, -0.15) is 0 Å². The first-order valence-corrected chi connectivity index (χ1v) is 10.1. The van der Waals surface area contributed by atoms with E-state index in [1.807, 2.05) is 6.26 Å². The van der Waals surface area contributed by atoms with Crippen molar-refractivity contribution in [2.75, 3.05) is 18.1 Å². The highest BCUT2D eigenvalue weighted by atomic mass is 32.2. The fourth-order valence-corrected chi connectivity index (χ4v) is 3.30. The highest BCUT2D eigenvalue weighted by Crippen LogP contribution is 2.26. The van der Waals surface area contributed by atoms with Crippen molar-refractivity contribution in [1.82, 2.24) is 15.3 Å². The maximum absolute atomic E-state index is 12.9. The van der Waals surface area contributed by atoms with E-state index in [4.69, 9.17) is 10.2 Å². The zero-order chi connectivity index (χ0) is 21.7. The number of nitrogens with zero attached hydrogens (tertiary/aromatic N) is 2. The normalized spacial score (nSPS) is 10.5. The number of nitrogens with one attached hydrogen (secondary N) is 2. The van der Waals surface area contributed by atoms with Crippen LogP contribution in [-0.4, -0.2) is 40.5 Å². The maximum Gasteiger partial charge on any atom is 0.260 e. The number of amides is 3. The molecule has 0 aliphatic carbocycles. The lowest BCUT2D eigenvalue weighted by atomic mass is 10.1. The van der Waals surface area contributed by atoms with Crippen molar-refractivity contribution in [3.63, 3.8) is 0 Å². The first kappa shape index (κ1) is 21.1. The quantitative estimate of drug-likeness (QED) is 0.389. The van der Waals surface area contributed by atoms with Crippen molar-refractivity contribution in [3.05, 3.63) is 59.5 Å². The Balaban J connectivity index is 1.83. The number of aryl methyl sites for hydroxylation is 1. The Morgan fingerprint density at radius 2 is 1.93 bits per heavy atom. The van der Waals surface area contributed by atoms with Crippen molar-refractivity contribution in [2.24, 2.45) is 5.73 Å². The molecule has 3 amide bonds. The third-order valence-corrected chi connectivity index (χ3v) is 4.71. The van der Waals surface area contributed by atoms with Crippen molar-refractivity contribution in [2.45, 2.75) is 11.9 Å². The maximum atomic E-state index is 12.9. The number of anilines is 1. The van der Waals surface area contributed by atoms with Crippen LogP contribution in [0.2, 0.25) is 0 Å². The van der Waals surface area contributed by atoms with Crippen LogP contribution in [0.4, 0.5) is 5.69 Å². The van der Waals surface area contributed by atoms with E-state index in [9.17, 15) is 14.4 Å². The molecular formula is C20H19N5O4S. The van der Waals surface area contributed by atoms with Gasteiger partial charge in [-0.1, -0.05) is 6.07 Å². The number of thioether (sulfide) groups is 1. The van der Waals surface area contributed by atoms with Crippen molar-refractivity contribution in [3.8, 4) is 11.6 Å². The van der Waals surface area contributed by atoms with E-state index >= 15 is 0 Å². The first-order chi connectivity index (χ1) is 14.4. The molecule has 0 spiro atoms. The van der Waals surface area contributed by atoms with Gasteiger partial charge in [-0.15, -0.1) is 11.8 Å². The second kappa shape index (κ2) is 9.23. The minimum Gasteiger partial charge on any atom is -0.461 e. The lowest BCUT2D eigenvalue weighted by molar-refractivity contribution is -0.117. The molecular weight excluding hydrogens is 406 g/mol. The molecule has 30 heavy (non-hydrogen) atoms. The number of aromatic nitrogens is 2. The number of nitrogens with two attached hydrogens (primary N) is 1. The lowest BCUT2D eigenvalue weighted by Gasteiger charge is -2.12. The average molecular weight is 425 g/mol. The summed E-state index contributed by atoms with van der Waals surface area (Å²) in [5.41, 5.74) is 6.55. The Labute approximate surface area is 176 Å². The number of hydrogen-bond donors (Lipinski definition) is 3. The van der Waals surface area contributed by atoms with Crippen molar-refractivity contribution >= 4 is 35.2 Å². The summed E-state index contributed by atoms with van der Waals surface area (Å²) in [7, 11) is 0. The molecule has 0 saturated heterocycles. The van der Waals surface area contributed by atoms with Crippen LogP contribution in [0.25, 0.3) is 11.6 Å². The number of carbonyl (C=O) groups excluding carboxylic acids is 3. The molecule has 0 unspecified atom stereocenters. The third kappa shape index (κ3) is 4.84. The number of hydrogen-bond acceptors (Lipinski definition) is 7. The molecule has 3 rings (SSSR count). The molecule has 0 saturated carbocycles. The van der Waals surface area contributed by atoms with Gasteiger partial charge >= 0.3 is 0 Å². The van der Waals surface area contributed by atoms with Crippen LogP contribution in [0.15, 0.2) is 52.1 Å². The molecule has 0 aliphatic rings. The summed E-state index contributed by atoms with van der Waals surface area (Å²) in [4.78, 5) is 44.7. The second-order valence-corrected chi connectivity index (χ2v) is 6.97. The lowest BCUT2D eigenvalue weighted by Crippen LogP contribution is -2.33. The van der Waals surface area contributed by atoms with Crippen LogP contribution in [-0.2, 0) is 4.79 Å². The second-order valence-electron chi connectivity index (χ2n) is 6.18. The fraction of sp³-hybridized carbons (Fsp3) is 0.150. The topological polar surface area (TPSA) is 140 Å². The third-order valence-electron chi connectivity index (χ3n) is 4.02. The molecule has 4 N–H and O–H groups in total. The number of carbonyl (C=O) groups is 3. The minimum atomic E-state index is -0.647. The molecule has 0 bridgehead atoms. The number of benzene rings is 1. The van der Waals surface area contributed by atoms with E-state index in [0.29, 0.717) is 33.6 Å². The Hall–Kier alpha value is -3.66. The largest absolute Gasteiger partial charge is 0.461 e. The molecule has 0 fully saturated rings. The van der Waals surface area contributed by atoms with Crippen molar-refractivity contribution < 1.29 is 18.8 Å². The van der Waals surface area contributed by atoms with E-state index < -0.39 is 17.7 Å². The zero-order valence-corrected chi connectivity index (χ0v) is 17.1. The van der Waals surface area contributed by atoms with E-state index in [0.717, 1.165) is 0 Å².